The first-order valence-electron chi connectivity index (χ1n) is 7.56. The molecular weight excluding hydrogens is 415 g/mol. The van der Waals surface area contributed by atoms with Crippen molar-refractivity contribution in [3.8, 4) is 0 Å². The van der Waals surface area contributed by atoms with Crippen molar-refractivity contribution in [2.24, 2.45) is 0 Å². The minimum absolute atomic E-state index is 0.167. The summed E-state index contributed by atoms with van der Waals surface area (Å²) in [5.74, 6) is -0.0179. The number of nitrogens with zero attached hydrogens (tertiary/aromatic N) is 3. The molecule has 6 nitrogen and oxygen atoms in total. The molecular formula is C16H19BrClFN4O2. The number of carbonyl (C=O) groups excluding carboxylic acids is 1. The third-order valence-electron chi connectivity index (χ3n) is 3.22. The molecule has 2 aromatic rings. The van der Waals surface area contributed by atoms with Gasteiger partial charge in [-0.05, 0) is 42.8 Å². The van der Waals surface area contributed by atoms with Gasteiger partial charge in [-0.15, -0.1) is 0 Å². The SMILES string of the molecule is CN(CCNC(=O)OC(C)(C)C)c1ncnc2c(F)c(Br)c(Cl)cc12. The summed E-state index contributed by atoms with van der Waals surface area (Å²) in [7, 11) is 1.78. The first-order chi connectivity index (χ1) is 11.6. The lowest BCUT2D eigenvalue weighted by atomic mass is 10.2. The molecule has 1 aromatic heterocycles. The van der Waals surface area contributed by atoms with Crippen molar-refractivity contribution in [3.63, 3.8) is 0 Å². The number of benzene rings is 1. The lowest BCUT2D eigenvalue weighted by Crippen LogP contribution is -2.37. The Bertz CT molecular complexity index is 798. The Balaban J connectivity index is 2.12. The summed E-state index contributed by atoms with van der Waals surface area (Å²) >= 11 is 9.14. The van der Waals surface area contributed by atoms with Gasteiger partial charge >= 0.3 is 6.09 Å². The van der Waals surface area contributed by atoms with Crippen molar-refractivity contribution < 1.29 is 13.9 Å². The van der Waals surface area contributed by atoms with Crippen molar-refractivity contribution in [1.82, 2.24) is 15.3 Å². The molecule has 1 N–H and O–H groups in total. The normalized spacial score (nSPS) is 11.5. The summed E-state index contributed by atoms with van der Waals surface area (Å²) in [6, 6.07) is 1.61. The second kappa shape index (κ2) is 7.70. The molecule has 25 heavy (non-hydrogen) atoms. The predicted octanol–water partition coefficient (Wildman–Crippen LogP) is 4.15. The maximum absolute atomic E-state index is 14.3. The summed E-state index contributed by atoms with van der Waals surface area (Å²) in [6.45, 7) is 6.16. The number of amides is 1. The highest BCUT2D eigenvalue weighted by Gasteiger charge is 2.18. The number of carbonyl (C=O) groups is 1. The van der Waals surface area contributed by atoms with E-state index in [0.29, 0.717) is 24.3 Å². The molecule has 136 valence electrons. The summed E-state index contributed by atoms with van der Waals surface area (Å²) in [5.41, 5.74) is -0.381. The number of anilines is 1. The molecule has 9 heteroatoms. The molecule has 0 aliphatic heterocycles. The van der Waals surface area contributed by atoms with Gasteiger partial charge in [-0.3, -0.25) is 0 Å². The van der Waals surface area contributed by atoms with Gasteiger partial charge in [0.15, 0.2) is 5.82 Å². The van der Waals surface area contributed by atoms with Crippen LogP contribution in [0.25, 0.3) is 10.9 Å². The molecule has 0 saturated heterocycles. The number of hydrogen-bond acceptors (Lipinski definition) is 5. The molecule has 2 rings (SSSR count). The minimum atomic E-state index is -0.555. The Morgan fingerprint density at radius 2 is 2.12 bits per heavy atom. The second-order valence-electron chi connectivity index (χ2n) is 6.43. The van der Waals surface area contributed by atoms with Crippen LogP contribution in [0.4, 0.5) is 15.0 Å². The topological polar surface area (TPSA) is 67.4 Å². The smallest absolute Gasteiger partial charge is 0.407 e. The number of likely N-dealkylation sites (N-methyl/N-ethyl adjacent to an activating group) is 1. The fourth-order valence-corrected chi connectivity index (χ4v) is 2.64. The number of rotatable bonds is 4. The van der Waals surface area contributed by atoms with Gasteiger partial charge in [0.25, 0.3) is 0 Å². The number of nitrogens with one attached hydrogen (secondary N) is 1. The van der Waals surface area contributed by atoms with Crippen molar-refractivity contribution in [2.75, 3.05) is 25.0 Å². The fourth-order valence-electron chi connectivity index (χ4n) is 2.14. The Hall–Kier alpha value is -1.67. The lowest BCUT2D eigenvalue weighted by Gasteiger charge is -2.22. The highest BCUT2D eigenvalue weighted by molar-refractivity contribution is 9.10. The van der Waals surface area contributed by atoms with Crippen molar-refractivity contribution in [1.29, 1.82) is 0 Å². The maximum Gasteiger partial charge on any atom is 0.407 e. The van der Waals surface area contributed by atoms with Gasteiger partial charge in [0, 0.05) is 25.5 Å². The molecule has 1 aromatic carbocycles. The van der Waals surface area contributed by atoms with E-state index in [2.05, 4.69) is 31.2 Å². The van der Waals surface area contributed by atoms with E-state index in [1.54, 1.807) is 38.8 Å². The number of fused-ring (bicyclic) bond motifs is 1. The van der Waals surface area contributed by atoms with E-state index in [-0.39, 0.29) is 15.0 Å². The van der Waals surface area contributed by atoms with E-state index >= 15 is 0 Å². The van der Waals surface area contributed by atoms with Crippen molar-refractivity contribution >= 4 is 50.3 Å². The van der Waals surface area contributed by atoms with Crippen LogP contribution in [-0.4, -0.2) is 41.8 Å². The van der Waals surface area contributed by atoms with Crippen molar-refractivity contribution in [2.45, 2.75) is 26.4 Å². The monoisotopic (exact) mass is 432 g/mol. The van der Waals surface area contributed by atoms with Crippen LogP contribution in [0.5, 0.6) is 0 Å². The summed E-state index contributed by atoms with van der Waals surface area (Å²) < 4.78 is 19.6. The zero-order valence-electron chi connectivity index (χ0n) is 14.4. The van der Waals surface area contributed by atoms with Crippen LogP contribution in [0.2, 0.25) is 5.02 Å². The third-order valence-corrected chi connectivity index (χ3v) is 4.52. The summed E-state index contributed by atoms with van der Waals surface area (Å²) in [6.07, 6.45) is 0.797. The van der Waals surface area contributed by atoms with Crippen LogP contribution in [0.3, 0.4) is 0 Å². The van der Waals surface area contributed by atoms with E-state index in [0.717, 1.165) is 0 Å². The summed E-state index contributed by atoms with van der Waals surface area (Å²) in [4.78, 5) is 21.6. The highest BCUT2D eigenvalue weighted by Crippen LogP contribution is 2.34. The molecule has 0 atom stereocenters. The predicted molar refractivity (Wildman–Crippen MR) is 99.7 cm³/mol. The van der Waals surface area contributed by atoms with Crippen LogP contribution in [0, 0.1) is 5.82 Å². The first-order valence-corrected chi connectivity index (χ1v) is 8.73. The number of aromatic nitrogens is 2. The first kappa shape index (κ1) is 19.7. The Morgan fingerprint density at radius 3 is 2.76 bits per heavy atom. The molecule has 1 heterocycles. The van der Waals surface area contributed by atoms with E-state index in [4.69, 9.17) is 16.3 Å². The highest BCUT2D eigenvalue weighted by atomic mass is 79.9. The van der Waals surface area contributed by atoms with Gasteiger partial charge in [-0.1, -0.05) is 11.6 Å². The summed E-state index contributed by atoms with van der Waals surface area (Å²) in [5, 5.41) is 3.40. The van der Waals surface area contributed by atoms with Gasteiger partial charge in [0.2, 0.25) is 0 Å². The van der Waals surface area contributed by atoms with E-state index in [1.807, 2.05) is 0 Å². The van der Waals surface area contributed by atoms with Crippen LogP contribution >= 0.6 is 27.5 Å². The van der Waals surface area contributed by atoms with Gasteiger partial charge < -0.3 is 15.0 Å². The minimum Gasteiger partial charge on any atom is -0.444 e. The Labute approximate surface area is 158 Å². The number of hydrogen-bond donors (Lipinski definition) is 1. The lowest BCUT2D eigenvalue weighted by molar-refractivity contribution is 0.0529. The largest absolute Gasteiger partial charge is 0.444 e. The second-order valence-corrected chi connectivity index (χ2v) is 7.63. The standard InChI is InChI=1S/C16H19BrClFN4O2/c1-16(2,3)25-15(24)20-5-6-23(4)14-9-7-10(18)11(17)12(19)13(9)21-8-22-14/h7-8H,5-6H2,1-4H3,(H,20,24). The van der Waals surface area contributed by atoms with Crippen LogP contribution < -0.4 is 10.2 Å². The molecule has 0 aliphatic rings. The molecule has 1 amide bonds. The average Bonchev–Trinajstić information content (AvgIpc) is 2.50. The van der Waals surface area contributed by atoms with Crippen LogP contribution in [0.1, 0.15) is 20.8 Å². The molecule has 0 fully saturated rings. The van der Waals surface area contributed by atoms with Gasteiger partial charge in [0.05, 0.1) is 9.50 Å². The van der Waals surface area contributed by atoms with Gasteiger partial charge in [0.1, 0.15) is 23.3 Å². The molecule has 0 saturated carbocycles. The zero-order chi connectivity index (χ0) is 18.8. The van der Waals surface area contributed by atoms with Crippen molar-refractivity contribution in [3.05, 3.63) is 27.7 Å². The third kappa shape index (κ3) is 4.92. The molecule has 0 unspecified atom stereocenters. The average molecular weight is 434 g/mol. The zero-order valence-corrected chi connectivity index (χ0v) is 16.7. The van der Waals surface area contributed by atoms with E-state index in [1.165, 1.54) is 6.33 Å². The Morgan fingerprint density at radius 1 is 1.44 bits per heavy atom. The fraction of sp³-hybridized carbons (Fsp3) is 0.438. The maximum atomic E-state index is 14.3. The molecule has 0 radical (unpaired) electrons. The molecule has 0 aliphatic carbocycles. The Kier molecular flexibility index (Phi) is 6.05. The van der Waals surface area contributed by atoms with Crippen LogP contribution in [-0.2, 0) is 4.74 Å². The van der Waals surface area contributed by atoms with Gasteiger partial charge in [-0.25, -0.2) is 19.2 Å². The van der Waals surface area contributed by atoms with E-state index < -0.39 is 17.5 Å². The van der Waals surface area contributed by atoms with Crippen LogP contribution in [0.15, 0.2) is 16.9 Å². The van der Waals surface area contributed by atoms with E-state index in [9.17, 15) is 9.18 Å². The number of ether oxygens (including phenoxy) is 1. The molecule has 0 bridgehead atoms. The quantitative estimate of drug-likeness (QED) is 0.734. The molecule has 0 spiro atoms. The number of halogens is 3. The number of alkyl carbamates (subject to hydrolysis) is 1. The van der Waals surface area contributed by atoms with Gasteiger partial charge in [-0.2, -0.15) is 0 Å².